The molecule has 0 saturated heterocycles. The fourth-order valence-electron chi connectivity index (χ4n) is 3.44. The van der Waals surface area contributed by atoms with Gasteiger partial charge in [0, 0.05) is 5.56 Å². The first-order valence-electron chi connectivity index (χ1n) is 9.25. The molecule has 0 aliphatic rings. The van der Waals surface area contributed by atoms with E-state index in [4.69, 9.17) is 0 Å². The number of hydrogen-bond acceptors (Lipinski definition) is 2. The molecule has 1 N–H and O–H groups in total. The van der Waals surface area contributed by atoms with Gasteiger partial charge in [-0.1, -0.05) is 79.7 Å². The Bertz CT molecular complexity index is 1100. The van der Waals surface area contributed by atoms with Gasteiger partial charge in [0.05, 0.1) is 11.4 Å². The Morgan fingerprint density at radius 2 is 1.36 bits per heavy atom. The molecule has 1 heterocycles. The summed E-state index contributed by atoms with van der Waals surface area (Å²) in [5, 5.41) is 14.6. The number of carboxylic acid groups (broad SMARTS) is 1. The first-order valence-corrected chi connectivity index (χ1v) is 9.25. The summed E-state index contributed by atoms with van der Waals surface area (Å²) in [5.74, 6) is -0.957. The fraction of sp³-hybridized carbons (Fsp3) is 0.0833. The third-order valence-corrected chi connectivity index (χ3v) is 4.80. The summed E-state index contributed by atoms with van der Waals surface area (Å²) in [6, 6.07) is 27.6. The Kier molecular flexibility index (Phi) is 4.77. The van der Waals surface area contributed by atoms with Gasteiger partial charge in [-0.2, -0.15) is 5.10 Å². The highest BCUT2D eigenvalue weighted by molar-refractivity contribution is 5.96. The van der Waals surface area contributed by atoms with Crippen molar-refractivity contribution in [1.82, 2.24) is 9.78 Å². The van der Waals surface area contributed by atoms with E-state index in [9.17, 15) is 9.90 Å². The van der Waals surface area contributed by atoms with Crippen molar-refractivity contribution in [2.24, 2.45) is 0 Å². The smallest absolute Gasteiger partial charge is 0.339 e. The van der Waals surface area contributed by atoms with E-state index in [1.165, 1.54) is 0 Å². The number of aromatic nitrogens is 2. The van der Waals surface area contributed by atoms with Crippen LogP contribution < -0.4 is 0 Å². The van der Waals surface area contributed by atoms with Gasteiger partial charge in [0.1, 0.15) is 11.3 Å². The minimum atomic E-state index is -0.957. The lowest BCUT2D eigenvalue weighted by atomic mass is 10.0. The summed E-state index contributed by atoms with van der Waals surface area (Å²) >= 11 is 0. The van der Waals surface area contributed by atoms with E-state index in [2.05, 4.69) is 17.2 Å². The second kappa shape index (κ2) is 7.53. The van der Waals surface area contributed by atoms with Gasteiger partial charge >= 0.3 is 5.97 Å². The highest BCUT2D eigenvalue weighted by Gasteiger charge is 2.24. The molecule has 0 unspecified atom stereocenters. The van der Waals surface area contributed by atoms with Crippen LogP contribution in [0.5, 0.6) is 0 Å². The van der Waals surface area contributed by atoms with Gasteiger partial charge in [-0.3, -0.25) is 0 Å². The Balaban J connectivity index is 1.83. The zero-order valence-electron chi connectivity index (χ0n) is 15.5. The van der Waals surface area contributed by atoms with Crippen LogP contribution in [0.4, 0.5) is 0 Å². The SMILES string of the molecule is CCc1c(C(=O)O)c(-c2ccc(-c3ccccc3)cc2)nn1-c1ccccc1. The Morgan fingerprint density at radius 3 is 1.93 bits per heavy atom. The monoisotopic (exact) mass is 368 g/mol. The van der Waals surface area contributed by atoms with E-state index >= 15 is 0 Å². The van der Waals surface area contributed by atoms with Crippen LogP contribution in [0.15, 0.2) is 84.9 Å². The summed E-state index contributed by atoms with van der Waals surface area (Å²) in [6.45, 7) is 1.95. The normalized spacial score (nSPS) is 10.8. The third-order valence-electron chi connectivity index (χ3n) is 4.80. The molecular formula is C24H20N2O2. The zero-order valence-corrected chi connectivity index (χ0v) is 15.5. The number of hydrogen-bond donors (Lipinski definition) is 1. The summed E-state index contributed by atoms with van der Waals surface area (Å²) in [5.41, 5.74) is 5.30. The van der Waals surface area contributed by atoms with Crippen molar-refractivity contribution in [2.45, 2.75) is 13.3 Å². The van der Waals surface area contributed by atoms with Gasteiger partial charge in [-0.15, -0.1) is 0 Å². The summed E-state index contributed by atoms with van der Waals surface area (Å²) in [4.78, 5) is 12.1. The van der Waals surface area contributed by atoms with E-state index in [1.807, 2.05) is 79.7 Å². The summed E-state index contributed by atoms with van der Waals surface area (Å²) in [7, 11) is 0. The van der Waals surface area contributed by atoms with Gasteiger partial charge in [0.25, 0.3) is 0 Å². The van der Waals surface area contributed by atoms with Crippen LogP contribution in [0.3, 0.4) is 0 Å². The van der Waals surface area contributed by atoms with Crippen molar-refractivity contribution in [3.63, 3.8) is 0 Å². The van der Waals surface area contributed by atoms with E-state index in [-0.39, 0.29) is 5.56 Å². The lowest BCUT2D eigenvalue weighted by Crippen LogP contribution is -2.05. The van der Waals surface area contributed by atoms with Gasteiger partial charge in [0.2, 0.25) is 0 Å². The summed E-state index contributed by atoms with van der Waals surface area (Å²) < 4.78 is 1.74. The molecule has 0 aliphatic carbocycles. The van der Waals surface area contributed by atoms with Crippen LogP contribution in [-0.4, -0.2) is 20.9 Å². The van der Waals surface area contributed by atoms with E-state index in [0.29, 0.717) is 17.8 Å². The fourth-order valence-corrected chi connectivity index (χ4v) is 3.44. The number of rotatable bonds is 5. The standard InChI is InChI=1S/C24H20N2O2/c1-2-21-22(24(27)28)23(25-26(21)20-11-7-4-8-12-20)19-15-13-18(14-16-19)17-9-5-3-6-10-17/h3-16H,2H2,1H3,(H,27,28). The number of carboxylic acids is 1. The number of nitrogens with zero attached hydrogens (tertiary/aromatic N) is 2. The minimum Gasteiger partial charge on any atom is -0.478 e. The molecule has 4 nitrogen and oxygen atoms in total. The predicted octanol–water partition coefficient (Wildman–Crippen LogP) is 5.47. The lowest BCUT2D eigenvalue weighted by molar-refractivity contribution is 0.0696. The van der Waals surface area contributed by atoms with Gasteiger partial charge in [0.15, 0.2) is 0 Å². The van der Waals surface area contributed by atoms with E-state index in [0.717, 1.165) is 22.4 Å². The molecule has 0 aliphatic heterocycles. The Labute approximate surface area is 163 Å². The Morgan fingerprint density at radius 1 is 0.821 bits per heavy atom. The maximum atomic E-state index is 12.1. The molecule has 4 aromatic rings. The maximum absolute atomic E-state index is 12.1. The first-order chi connectivity index (χ1) is 13.7. The molecule has 0 fully saturated rings. The average molecular weight is 368 g/mol. The first kappa shape index (κ1) is 17.7. The van der Waals surface area contributed by atoms with E-state index in [1.54, 1.807) is 4.68 Å². The lowest BCUT2D eigenvalue weighted by Gasteiger charge is -2.05. The second-order valence-electron chi connectivity index (χ2n) is 6.52. The van der Waals surface area contributed by atoms with Crippen molar-refractivity contribution >= 4 is 5.97 Å². The Hall–Kier alpha value is -3.66. The van der Waals surface area contributed by atoms with Crippen molar-refractivity contribution < 1.29 is 9.90 Å². The van der Waals surface area contributed by atoms with Crippen LogP contribution in [0, 0.1) is 0 Å². The topological polar surface area (TPSA) is 55.1 Å². The van der Waals surface area contributed by atoms with Crippen LogP contribution in [0.1, 0.15) is 23.0 Å². The molecule has 1 aromatic heterocycles. The number of para-hydroxylation sites is 1. The molecule has 0 amide bonds. The molecule has 28 heavy (non-hydrogen) atoms. The van der Waals surface area contributed by atoms with Gasteiger partial charge < -0.3 is 5.11 Å². The number of carbonyl (C=O) groups is 1. The number of aromatic carboxylic acids is 1. The third kappa shape index (κ3) is 3.21. The molecule has 0 bridgehead atoms. The van der Waals surface area contributed by atoms with Gasteiger partial charge in [-0.05, 0) is 29.7 Å². The van der Waals surface area contributed by atoms with Crippen molar-refractivity contribution in [1.29, 1.82) is 0 Å². The van der Waals surface area contributed by atoms with Crippen molar-refractivity contribution in [3.8, 4) is 28.1 Å². The molecule has 3 aromatic carbocycles. The molecule has 4 rings (SSSR count). The highest BCUT2D eigenvalue weighted by Crippen LogP contribution is 2.30. The molecule has 0 atom stereocenters. The zero-order chi connectivity index (χ0) is 19.5. The van der Waals surface area contributed by atoms with Gasteiger partial charge in [-0.25, -0.2) is 9.48 Å². The molecule has 4 heteroatoms. The minimum absolute atomic E-state index is 0.263. The molecule has 0 spiro atoms. The largest absolute Gasteiger partial charge is 0.478 e. The van der Waals surface area contributed by atoms with Crippen molar-refractivity contribution in [2.75, 3.05) is 0 Å². The molecular weight excluding hydrogens is 348 g/mol. The number of benzene rings is 3. The summed E-state index contributed by atoms with van der Waals surface area (Å²) in [6.07, 6.45) is 0.575. The van der Waals surface area contributed by atoms with E-state index < -0.39 is 5.97 Å². The highest BCUT2D eigenvalue weighted by atomic mass is 16.4. The molecule has 138 valence electrons. The maximum Gasteiger partial charge on any atom is 0.339 e. The van der Waals surface area contributed by atoms with Crippen LogP contribution >= 0.6 is 0 Å². The molecule has 0 radical (unpaired) electrons. The van der Waals surface area contributed by atoms with Crippen LogP contribution in [0.25, 0.3) is 28.1 Å². The molecule has 0 saturated carbocycles. The second-order valence-corrected chi connectivity index (χ2v) is 6.52. The van der Waals surface area contributed by atoms with Crippen LogP contribution in [0.2, 0.25) is 0 Å². The predicted molar refractivity (Wildman–Crippen MR) is 111 cm³/mol. The average Bonchev–Trinajstić information content (AvgIpc) is 3.15. The van der Waals surface area contributed by atoms with Crippen molar-refractivity contribution in [3.05, 3.63) is 96.2 Å². The van der Waals surface area contributed by atoms with Crippen LogP contribution in [-0.2, 0) is 6.42 Å². The quantitative estimate of drug-likeness (QED) is 0.508.